The van der Waals surface area contributed by atoms with Crippen LogP contribution in [0.5, 0.6) is 0 Å². The van der Waals surface area contributed by atoms with Gasteiger partial charge in [0.15, 0.2) is 0 Å². The molecule has 1 aliphatic carbocycles. The molecule has 2 N–H and O–H groups in total. The van der Waals surface area contributed by atoms with Gasteiger partial charge in [0, 0.05) is 12.4 Å². The van der Waals surface area contributed by atoms with Crippen LogP contribution >= 0.6 is 0 Å². The average Bonchev–Trinajstić information content (AvgIpc) is 3.00. The molecule has 0 aliphatic heterocycles. The maximum atomic E-state index is 4.04. The molecular formula is C18H25N3. The molecular weight excluding hydrogens is 258 g/mol. The highest BCUT2D eigenvalue weighted by Gasteiger charge is 2.10. The molecule has 0 fully saturated rings. The van der Waals surface area contributed by atoms with Crippen LogP contribution < -0.4 is 5.32 Å². The molecule has 0 bridgehead atoms. The van der Waals surface area contributed by atoms with Crippen LogP contribution in [-0.4, -0.2) is 16.5 Å². The Morgan fingerprint density at radius 2 is 1.71 bits per heavy atom. The van der Waals surface area contributed by atoms with Gasteiger partial charge in [-0.05, 0) is 44.4 Å². The summed E-state index contributed by atoms with van der Waals surface area (Å²) in [7, 11) is 0. The van der Waals surface area contributed by atoms with Gasteiger partial charge in [-0.15, -0.1) is 0 Å². The summed E-state index contributed by atoms with van der Waals surface area (Å²) in [6.45, 7) is 8.38. The van der Waals surface area contributed by atoms with Crippen LogP contribution in [-0.2, 0) is 19.4 Å². The summed E-state index contributed by atoms with van der Waals surface area (Å²) < 4.78 is 0. The summed E-state index contributed by atoms with van der Waals surface area (Å²) in [6.07, 6.45) is 5.89. The third kappa shape index (κ3) is 4.57. The van der Waals surface area contributed by atoms with Gasteiger partial charge in [-0.1, -0.05) is 42.3 Å². The lowest BCUT2D eigenvalue weighted by atomic mass is 9.88. The number of imidazole rings is 1. The van der Waals surface area contributed by atoms with Gasteiger partial charge in [-0.2, -0.15) is 0 Å². The van der Waals surface area contributed by atoms with Crippen LogP contribution in [0.2, 0.25) is 0 Å². The number of hydrogen-bond acceptors (Lipinski definition) is 2. The maximum absolute atomic E-state index is 4.04. The van der Waals surface area contributed by atoms with E-state index in [1.54, 1.807) is 17.3 Å². The highest BCUT2D eigenvalue weighted by Crippen LogP contribution is 2.24. The SMILES string of the molecule is CC1=C(C)Cc2ccccc2C1.CCNCc1ncc[nH]1. The van der Waals surface area contributed by atoms with E-state index < -0.39 is 0 Å². The second-order valence-electron chi connectivity index (χ2n) is 5.50. The number of aromatic amines is 1. The van der Waals surface area contributed by atoms with Crippen molar-refractivity contribution >= 4 is 0 Å². The zero-order valence-electron chi connectivity index (χ0n) is 13.2. The number of benzene rings is 1. The fraction of sp³-hybridized carbons (Fsp3) is 0.389. The molecule has 3 rings (SSSR count). The van der Waals surface area contributed by atoms with E-state index in [0.717, 1.165) is 31.8 Å². The van der Waals surface area contributed by atoms with E-state index >= 15 is 0 Å². The van der Waals surface area contributed by atoms with Gasteiger partial charge in [0.25, 0.3) is 0 Å². The lowest BCUT2D eigenvalue weighted by Crippen LogP contribution is -2.12. The maximum Gasteiger partial charge on any atom is 0.120 e. The first kappa shape index (κ1) is 15.5. The molecule has 21 heavy (non-hydrogen) atoms. The first-order valence-corrected chi connectivity index (χ1v) is 7.61. The quantitative estimate of drug-likeness (QED) is 0.844. The Morgan fingerprint density at radius 3 is 2.19 bits per heavy atom. The van der Waals surface area contributed by atoms with Crippen LogP contribution in [0.15, 0.2) is 47.8 Å². The minimum Gasteiger partial charge on any atom is -0.348 e. The first-order valence-electron chi connectivity index (χ1n) is 7.61. The molecule has 0 spiro atoms. The van der Waals surface area contributed by atoms with E-state index in [4.69, 9.17) is 0 Å². The second-order valence-corrected chi connectivity index (χ2v) is 5.50. The van der Waals surface area contributed by atoms with Crippen LogP contribution in [0.3, 0.4) is 0 Å². The fourth-order valence-corrected chi connectivity index (χ4v) is 2.41. The second kappa shape index (κ2) is 7.79. The summed E-state index contributed by atoms with van der Waals surface area (Å²) in [5.41, 5.74) is 6.13. The Balaban J connectivity index is 0.000000161. The molecule has 0 saturated heterocycles. The van der Waals surface area contributed by atoms with Gasteiger partial charge in [-0.3, -0.25) is 0 Å². The van der Waals surface area contributed by atoms with E-state index in [-0.39, 0.29) is 0 Å². The number of allylic oxidation sites excluding steroid dienone is 2. The Bertz CT molecular complexity index is 549. The number of rotatable bonds is 3. The number of fused-ring (bicyclic) bond motifs is 1. The van der Waals surface area contributed by atoms with Crippen molar-refractivity contribution in [3.05, 3.63) is 64.8 Å². The third-order valence-corrected chi connectivity index (χ3v) is 3.86. The van der Waals surface area contributed by atoms with E-state index in [2.05, 4.69) is 60.3 Å². The smallest absolute Gasteiger partial charge is 0.120 e. The summed E-state index contributed by atoms with van der Waals surface area (Å²) in [5, 5.41) is 3.16. The van der Waals surface area contributed by atoms with Crippen molar-refractivity contribution in [3.63, 3.8) is 0 Å². The lowest BCUT2D eigenvalue weighted by molar-refractivity contribution is 0.698. The first-order chi connectivity index (χ1) is 10.2. The summed E-state index contributed by atoms with van der Waals surface area (Å²) in [5.74, 6) is 0.997. The number of nitrogens with one attached hydrogen (secondary N) is 2. The van der Waals surface area contributed by atoms with Crippen molar-refractivity contribution in [2.45, 2.75) is 40.2 Å². The molecule has 1 heterocycles. The Morgan fingerprint density at radius 1 is 1.10 bits per heavy atom. The molecule has 0 saturated carbocycles. The molecule has 3 nitrogen and oxygen atoms in total. The molecule has 1 aliphatic rings. The number of aromatic nitrogens is 2. The molecule has 1 aromatic carbocycles. The van der Waals surface area contributed by atoms with Gasteiger partial charge in [-0.25, -0.2) is 4.98 Å². The van der Waals surface area contributed by atoms with Crippen molar-refractivity contribution in [1.29, 1.82) is 0 Å². The standard InChI is InChI=1S/C12H14.C6H11N3/c1-9-7-11-5-3-4-6-12(11)8-10(9)2;1-2-7-5-6-8-3-4-9-6/h3-6H,7-8H2,1-2H3;3-4,7H,2,5H2,1H3,(H,8,9). The number of nitrogens with zero attached hydrogens (tertiary/aromatic N) is 1. The van der Waals surface area contributed by atoms with Crippen molar-refractivity contribution in [3.8, 4) is 0 Å². The van der Waals surface area contributed by atoms with Gasteiger partial charge < -0.3 is 10.3 Å². The Kier molecular flexibility index (Phi) is 5.76. The topological polar surface area (TPSA) is 40.7 Å². The average molecular weight is 283 g/mol. The summed E-state index contributed by atoms with van der Waals surface area (Å²) in [4.78, 5) is 7.03. The Hall–Kier alpha value is -1.87. The highest BCUT2D eigenvalue weighted by atomic mass is 15.0. The van der Waals surface area contributed by atoms with Crippen LogP contribution in [0, 0.1) is 0 Å². The molecule has 0 atom stereocenters. The lowest BCUT2D eigenvalue weighted by Gasteiger charge is -2.18. The van der Waals surface area contributed by atoms with Crippen LogP contribution in [0.4, 0.5) is 0 Å². The largest absolute Gasteiger partial charge is 0.348 e. The minimum absolute atomic E-state index is 0.837. The van der Waals surface area contributed by atoms with Gasteiger partial charge >= 0.3 is 0 Å². The zero-order chi connectivity index (χ0) is 15.1. The molecule has 0 radical (unpaired) electrons. The molecule has 112 valence electrons. The number of hydrogen-bond donors (Lipinski definition) is 2. The highest BCUT2D eigenvalue weighted by molar-refractivity contribution is 5.39. The monoisotopic (exact) mass is 283 g/mol. The van der Waals surface area contributed by atoms with Crippen molar-refractivity contribution in [2.24, 2.45) is 0 Å². The molecule has 3 heteroatoms. The van der Waals surface area contributed by atoms with Crippen LogP contribution in [0.25, 0.3) is 0 Å². The number of H-pyrrole nitrogens is 1. The van der Waals surface area contributed by atoms with Gasteiger partial charge in [0.2, 0.25) is 0 Å². The van der Waals surface area contributed by atoms with Gasteiger partial charge in [0.05, 0.1) is 6.54 Å². The van der Waals surface area contributed by atoms with Crippen molar-refractivity contribution in [2.75, 3.05) is 6.54 Å². The van der Waals surface area contributed by atoms with Crippen molar-refractivity contribution in [1.82, 2.24) is 15.3 Å². The predicted octanol–water partition coefficient (Wildman–Crippen LogP) is 3.64. The van der Waals surface area contributed by atoms with E-state index in [1.165, 1.54) is 11.1 Å². The summed E-state index contributed by atoms with van der Waals surface area (Å²) >= 11 is 0. The third-order valence-electron chi connectivity index (χ3n) is 3.86. The van der Waals surface area contributed by atoms with Gasteiger partial charge in [0.1, 0.15) is 5.82 Å². The normalized spacial score (nSPS) is 13.5. The summed E-state index contributed by atoms with van der Waals surface area (Å²) in [6, 6.07) is 8.75. The fourth-order valence-electron chi connectivity index (χ4n) is 2.41. The molecule has 0 amide bonds. The molecule has 1 aromatic heterocycles. The predicted molar refractivity (Wildman–Crippen MR) is 88.2 cm³/mol. The van der Waals surface area contributed by atoms with E-state index in [1.807, 2.05) is 6.20 Å². The Labute approximate surface area is 127 Å². The van der Waals surface area contributed by atoms with E-state index in [0.29, 0.717) is 0 Å². The van der Waals surface area contributed by atoms with Crippen molar-refractivity contribution < 1.29 is 0 Å². The molecule has 0 unspecified atom stereocenters. The van der Waals surface area contributed by atoms with Crippen LogP contribution in [0.1, 0.15) is 37.7 Å². The zero-order valence-corrected chi connectivity index (χ0v) is 13.2. The molecule has 2 aromatic rings. The minimum atomic E-state index is 0.837. The van der Waals surface area contributed by atoms with E-state index in [9.17, 15) is 0 Å².